The predicted molar refractivity (Wildman–Crippen MR) is 110 cm³/mol. The number of hydrogen-bond donors (Lipinski definition) is 1. The SMILES string of the molecule is Cc1ccc(C(NC(=O)c2cc3c(C)nn(C)c3s2)c2ccccc2)cc1. The molecule has 1 amide bonds. The van der Waals surface area contributed by atoms with E-state index in [-0.39, 0.29) is 11.9 Å². The monoisotopic (exact) mass is 375 g/mol. The van der Waals surface area contributed by atoms with Gasteiger partial charge in [-0.1, -0.05) is 60.2 Å². The first-order valence-electron chi connectivity index (χ1n) is 8.88. The fourth-order valence-corrected chi connectivity index (χ4v) is 4.31. The number of nitrogens with zero attached hydrogens (tertiary/aromatic N) is 2. The Morgan fingerprint density at radius 2 is 1.70 bits per heavy atom. The summed E-state index contributed by atoms with van der Waals surface area (Å²) in [4.78, 5) is 14.7. The van der Waals surface area contributed by atoms with Crippen molar-refractivity contribution in [2.24, 2.45) is 7.05 Å². The summed E-state index contributed by atoms with van der Waals surface area (Å²) in [6.45, 7) is 4.03. The Morgan fingerprint density at radius 3 is 2.37 bits per heavy atom. The van der Waals surface area contributed by atoms with Crippen LogP contribution in [0.5, 0.6) is 0 Å². The summed E-state index contributed by atoms with van der Waals surface area (Å²) in [6.07, 6.45) is 0. The Morgan fingerprint density at radius 1 is 1.04 bits per heavy atom. The molecule has 4 aromatic rings. The lowest BCUT2D eigenvalue weighted by atomic mass is 9.97. The maximum atomic E-state index is 13.0. The van der Waals surface area contributed by atoms with Crippen molar-refractivity contribution in [2.45, 2.75) is 19.9 Å². The second-order valence-corrected chi connectivity index (χ2v) is 7.80. The Kier molecular flexibility index (Phi) is 4.54. The van der Waals surface area contributed by atoms with Gasteiger partial charge in [-0.2, -0.15) is 5.10 Å². The third-order valence-corrected chi connectivity index (χ3v) is 5.94. The zero-order valence-corrected chi connectivity index (χ0v) is 16.4. The summed E-state index contributed by atoms with van der Waals surface area (Å²) in [7, 11) is 1.91. The van der Waals surface area contributed by atoms with Crippen LogP contribution < -0.4 is 5.32 Å². The molecule has 0 aliphatic rings. The number of rotatable bonds is 4. The maximum absolute atomic E-state index is 13.0. The molecule has 2 heterocycles. The number of carbonyl (C=O) groups excluding carboxylic acids is 1. The summed E-state index contributed by atoms with van der Waals surface area (Å²) in [5.74, 6) is -0.0648. The van der Waals surface area contributed by atoms with E-state index in [2.05, 4.69) is 41.6 Å². The minimum Gasteiger partial charge on any atom is -0.340 e. The number of hydrogen-bond acceptors (Lipinski definition) is 3. The number of carbonyl (C=O) groups is 1. The first kappa shape index (κ1) is 17.5. The molecule has 2 aromatic heterocycles. The van der Waals surface area contributed by atoms with E-state index in [4.69, 9.17) is 0 Å². The van der Waals surface area contributed by atoms with Crippen molar-refractivity contribution >= 4 is 27.5 Å². The first-order chi connectivity index (χ1) is 13.0. The standard InChI is InChI=1S/C22H21N3OS/c1-14-9-11-17(12-10-14)20(16-7-5-4-6-8-16)23-21(26)19-13-18-15(2)24-25(3)22(18)27-19/h4-13,20H,1-3H3,(H,23,26). The fraction of sp³-hybridized carbons (Fsp3) is 0.182. The summed E-state index contributed by atoms with van der Waals surface area (Å²) in [6, 6.07) is 20.1. The second-order valence-electron chi connectivity index (χ2n) is 6.77. The van der Waals surface area contributed by atoms with Gasteiger partial charge in [0.15, 0.2) is 0 Å². The van der Waals surface area contributed by atoms with E-state index in [9.17, 15) is 4.79 Å². The van der Waals surface area contributed by atoms with Gasteiger partial charge in [0.1, 0.15) is 4.83 Å². The summed E-state index contributed by atoms with van der Waals surface area (Å²) < 4.78 is 1.83. The van der Waals surface area contributed by atoms with E-state index in [1.165, 1.54) is 16.9 Å². The van der Waals surface area contributed by atoms with Crippen LogP contribution in [0.4, 0.5) is 0 Å². The number of aromatic nitrogens is 2. The average molecular weight is 375 g/mol. The molecule has 0 saturated carbocycles. The Labute approximate surface area is 162 Å². The molecule has 1 unspecified atom stereocenters. The van der Waals surface area contributed by atoms with Crippen molar-refractivity contribution in [3.63, 3.8) is 0 Å². The fourth-order valence-electron chi connectivity index (χ4n) is 3.28. The number of amides is 1. The maximum Gasteiger partial charge on any atom is 0.262 e. The molecule has 27 heavy (non-hydrogen) atoms. The van der Waals surface area contributed by atoms with E-state index >= 15 is 0 Å². The van der Waals surface area contributed by atoms with Gasteiger partial charge in [0.05, 0.1) is 16.6 Å². The molecule has 0 aliphatic carbocycles. The molecule has 0 aliphatic heterocycles. The van der Waals surface area contributed by atoms with Gasteiger partial charge in [-0.3, -0.25) is 9.48 Å². The highest BCUT2D eigenvalue weighted by Crippen LogP contribution is 2.29. The van der Waals surface area contributed by atoms with Crippen molar-refractivity contribution in [1.82, 2.24) is 15.1 Å². The second kappa shape index (κ2) is 7.00. The molecular formula is C22H21N3OS. The Hall–Kier alpha value is -2.92. The van der Waals surface area contributed by atoms with E-state index in [0.717, 1.165) is 27.0 Å². The molecule has 2 aromatic carbocycles. The van der Waals surface area contributed by atoms with E-state index in [1.807, 2.05) is 55.1 Å². The molecule has 5 heteroatoms. The zero-order valence-electron chi connectivity index (χ0n) is 15.6. The van der Waals surface area contributed by atoms with Crippen molar-refractivity contribution in [1.29, 1.82) is 0 Å². The van der Waals surface area contributed by atoms with Crippen molar-refractivity contribution < 1.29 is 4.79 Å². The Balaban J connectivity index is 1.68. The van der Waals surface area contributed by atoms with Crippen molar-refractivity contribution in [3.8, 4) is 0 Å². The smallest absolute Gasteiger partial charge is 0.262 e. The van der Waals surface area contributed by atoms with Gasteiger partial charge < -0.3 is 5.32 Å². The molecule has 4 nitrogen and oxygen atoms in total. The Bertz CT molecular complexity index is 1060. The van der Waals surface area contributed by atoms with Gasteiger partial charge >= 0.3 is 0 Å². The van der Waals surface area contributed by atoms with Crippen LogP contribution in [0.25, 0.3) is 10.2 Å². The summed E-state index contributed by atoms with van der Waals surface area (Å²) in [5.41, 5.74) is 4.28. The molecular weight excluding hydrogens is 354 g/mol. The lowest BCUT2D eigenvalue weighted by Crippen LogP contribution is -2.28. The van der Waals surface area contributed by atoms with Crippen molar-refractivity contribution in [2.75, 3.05) is 0 Å². The average Bonchev–Trinajstić information content (AvgIpc) is 3.23. The molecule has 136 valence electrons. The van der Waals surface area contributed by atoms with Crippen LogP contribution in [0.3, 0.4) is 0 Å². The number of fused-ring (bicyclic) bond motifs is 1. The lowest BCUT2D eigenvalue weighted by molar-refractivity contribution is 0.0947. The number of benzene rings is 2. The van der Waals surface area contributed by atoms with Crippen LogP contribution in [0.15, 0.2) is 60.7 Å². The molecule has 1 N–H and O–H groups in total. The minimum absolute atomic E-state index is 0.0648. The van der Waals surface area contributed by atoms with Crippen molar-refractivity contribution in [3.05, 3.63) is 87.9 Å². The van der Waals surface area contributed by atoms with E-state index in [0.29, 0.717) is 4.88 Å². The third-order valence-electron chi connectivity index (χ3n) is 4.74. The van der Waals surface area contributed by atoms with Crippen LogP contribution in [0.1, 0.15) is 38.1 Å². The van der Waals surface area contributed by atoms with Gasteiger partial charge in [0.2, 0.25) is 0 Å². The largest absolute Gasteiger partial charge is 0.340 e. The highest BCUT2D eigenvalue weighted by atomic mass is 32.1. The summed E-state index contributed by atoms with van der Waals surface area (Å²) >= 11 is 1.48. The molecule has 0 saturated heterocycles. The summed E-state index contributed by atoms with van der Waals surface area (Å²) in [5, 5.41) is 8.67. The van der Waals surface area contributed by atoms with Gasteiger partial charge in [-0.25, -0.2) is 0 Å². The van der Waals surface area contributed by atoms with Gasteiger partial charge in [0.25, 0.3) is 5.91 Å². The van der Waals surface area contributed by atoms with Gasteiger partial charge in [-0.15, -0.1) is 11.3 Å². The topological polar surface area (TPSA) is 46.9 Å². The number of nitrogens with one attached hydrogen (secondary N) is 1. The molecule has 0 bridgehead atoms. The van der Waals surface area contributed by atoms with Gasteiger partial charge in [-0.05, 0) is 31.0 Å². The van der Waals surface area contributed by atoms with E-state index in [1.54, 1.807) is 0 Å². The van der Waals surface area contributed by atoms with E-state index < -0.39 is 0 Å². The molecule has 1 atom stereocenters. The molecule has 4 rings (SSSR count). The van der Waals surface area contributed by atoms with Crippen LogP contribution in [0.2, 0.25) is 0 Å². The third kappa shape index (κ3) is 3.38. The van der Waals surface area contributed by atoms with Crippen LogP contribution >= 0.6 is 11.3 Å². The lowest BCUT2D eigenvalue weighted by Gasteiger charge is -2.19. The zero-order chi connectivity index (χ0) is 19.0. The van der Waals surface area contributed by atoms with Crippen LogP contribution in [-0.4, -0.2) is 15.7 Å². The predicted octanol–water partition coefficient (Wildman–Crippen LogP) is 4.77. The van der Waals surface area contributed by atoms with Gasteiger partial charge in [0, 0.05) is 12.4 Å². The first-order valence-corrected chi connectivity index (χ1v) is 9.70. The minimum atomic E-state index is -0.191. The normalized spacial score (nSPS) is 12.3. The molecule has 0 fully saturated rings. The number of aryl methyl sites for hydroxylation is 3. The van der Waals surface area contributed by atoms with Crippen LogP contribution in [-0.2, 0) is 7.05 Å². The molecule has 0 radical (unpaired) electrons. The highest BCUT2D eigenvalue weighted by Gasteiger charge is 2.20. The van der Waals surface area contributed by atoms with Crippen LogP contribution in [0, 0.1) is 13.8 Å². The number of thiophene rings is 1. The quantitative estimate of drug-likeness (QED) is 0.558. The highest BCUT2D eigenvalue weighted by molar-refractivity contribution is 7.20. The molecule has 0 spiro atoms.